The van der Waals surface area contributed by atoms with Crippen molar-refractivity contribution < 1.29 is 28.7 Å². The Morgan fingerprint density at radius 1 is 1.24 bits per heavy atom. The van der Waals surface area contributed by atoms with Crippen LogP contribution in [0.4, 0.5) is 5.00 Å². The Bertz CT molecular complexity index is 893. The zero-order valence-corrected chi connectivity index (χ0v) is 18.0. The van der Waals surface area contributed by atoms with Gasteiger partial charge in [-0.2, -0.15) is 0 Å². The van der Waals surface area contributed by atoms with E-state index in [9.17, 15) is 9.59 Å². The highest BCUT2D eigenvalue weighted by atomic mass is 32.1. The molecule has 0 bridgehead atoms. The number of esters is 1. The van der Waals surface area contributed by atoms with E-state index < -0.39 is 5.97 Å². The van der Waals surface area contributed by atoms with E-state index in [2.05, 4.69) is 19.2 Å². The lowest BCUT2D eigenvalue weighted by molar-refractivity contribution is -0.885. The van der Waals surface area contributed by atoms with Gasteiger partial charge in [-0.1, -0.05) is 13.8 Å². The van der Waals surface area contributed by atoms with Gasteiger partial charge in [0, 0.05) is 10.4 Å². The fourth-order valence-corrected chi connectivity index (χ4v) is 4.12. The lowest BCUT2D eigenvalue weighted by Gasteiger charge is -2.14. The van der Waals surface area contributed by atoms with Gasteiger partial charge in [0.1, 0.15) is 11.5 Å². The fourth-order valence-electron chi connectivity index (χ4n) is 3.05. The second-order valence-corrected chi connectivity index (χ2v) is 8.40. The highest BCUT2D eigenvalue weighted by Gasteiger charge is 2.22. The maximum Gasteiger partial charge on any atom is 0.341 e. The monoisotopic (exact) mass is 419 g/mol. The van der Waals surface area contributed by atoms with Crippen molar-refractivity contribution in [3.63, 3.8) is 0 Å². The topological polar surface area (TPSA) is 78.3 Å². The van der Waals surface area contributed by atoms with E-state index in [1.165, 1.54) is 11.3 Å². The summed E-state index contributed by atoms with van der Waals surface area (Å²) in [7, 11) is 1.95. The van der Waals surface area contributed by atoms with Gasteiger partial charge in [0.25, 0.3) is 5.91 Å². The van der Waals surface area contributed by atoms with Gasteiger partial charge in [0.2, 0.25) is 6.79 Å². The Morgan fingerprint density at radius 3 is 2.72 bits per heavy atom. The SMILES string of the molecule is CCOC(=O)c1cc(C(C)C)sc1NC(=O)C[NH+](C)Cc1ccc2c(c1)OCO2. The highest BCUT2D eigenvalue weighted by Crippen LogP contribution is 2.33. The number of hydrogen-bond donors (Lipinski definition) is 2. The van der Waals surface area contributed by atoms with Gasteiger partial charge < -0.3 is 24.4 Å². The van der Waals surface area contributed by atoms with E-state index in [1.807, 2.05) is 31.3 Å². The second-order valence-electron chi connectivity index (χ2n) is 7.31. The quantitative estimate of drug-likeness (QED) is 0.643. The number of carbonyl (C=O) groups excluding carboxylic acids is 2. The van der Waals surface area contributed by atoms with E-state index in [4.69, 9.17) is 14.2 Å². The zero-order valence-electron chi connectivity index (χ0n) is 17.2. The minimum Gasteiger partial charge on any atom is -0.462 e. The van der Waals surface area contributed by atoms with Crippen LogP contribution in [0.5, 0.6) is 11.5 Å². The van der Waals surface area contributed by atoms with Crippen molar-refractivity contribution in [3.05, 3.63) is 40.3 Å². The van der Waals surface area contributed by atoms with E-state index in [-0.39, 0.29) is 25.2 Å². The summed E-state index contributed by atoms with van der Waals surface area (Å²) in [6, 6.07) is 7.61. The number of thiophene rings is 1. The van der Waals surface area contributed by atoms with Crippen LogP contribution in [0, 0.1) is 0 Å². The van der Waals surface area contributed by atoms with Crippen molar-refractivity contribution in [2.75, 3.05) is 32.3 Å². The molecule has 2 N–H and O–H groups in total. The van der Waals surface area contributed by atoms with Crippen molar-refractivity contribution in [2.45, 2.75) is 33.2 Å². The molecular formula is C21H27N2O5S+. The van der Waals surface area contributed by atoms with Crippen LogP contribution in [0.3, 0.4) is 0 Å². The summed E-state index contributed by atoms with van der Waals surface area (Å²) >= 11 is 1.42. The first-order valence-electron chi connectivity index (χ1n) is 9.67. The maximum absolute atomic E-state index is 12.6. The number of hydrogen-bond acceptors (Lipinski definition) is 6. The molecule has 1 atom stereocenters. The summed E-state index contributed by atoms with van der Waals surface area (Å²) in [5.41, 5.74) is 1.48. The molecule has 1 aromatic carbocycles. The van der Waals surface area contributed by atoms with Gasteiger partial charge in [0.15, 0.2) is 18.0 Å². The smallest absolute Gasteiger partial charge is 0.341 e. The first kappa shape index (κ1) is 21.1. The molecule has 1 amide bonds. The Kier molecular flexibility index (Phi) is 6.76. The van der Waals surface area contributed by atoms with Gasteiger partial charge >= 0.3 is 5.97 Å². The largest absolute Gasteiger partial charge is 0.462 e. The molecular weight excluding hydrogens is 392 g/mol. The van der Waals surface area contributed by atoms with Gasteiger partial charge in [-0.3, -0.25) is 4.79 Å². The standard InChI is InChI=1S/C21H26N2O5S/c1-5-26-21(25)15-9-18(13(2)3)29-20(15)22-19(24)11-23(4)10-14-6-7-16-17(8-14)28-12-27-16/h6-9,13H,5,10-12H2,1-4H3,(H,22,24)/p+1. The lowest BCUT2D eigenvalue weighted by atomic mass is 10.1. The first-order valence-corrected chi connectivity index (χ1v) is 10.5. The highest BCUT2D eigenvalue weighted by molar-refractivity contribution is 7.16. The van der Waals surface area contributed by atoms with Crippen molar-refractivity contribution in [1.82, 2.24) is 0 Å². The van der Waals surface area contributed by atoms with Crippen molar-refractivity contribution in [2.24, 2.45) is 0 Å². The molecule has 29 heavy (non-hydrogen) atoms. The number of rotatable bonds is 8. The molecule has 2 aromatic rings. The normalized spacial score (nSPS) is 13.4. The number of fused-ring (bicyclic) bond motifs is 1. The van der Waals surface area contributed by atoms with Crippen LogP contribution >= 0.6 is 11.3 Å². The Morgan fingerprint density at radius 2 is 2.00 bits per heavy atom. The van der Waals surface area contributed by atoms with Gasteiger partial charge in [-0.25, -0.2) is 4.79 Å². The number of ether oxygens (including phenoxy) is 3. The molecule has 0 spiro atoms. The van der Waals surface area contributed by atoms with E-state index >= 15 is 0 Å². The molecule has 7 nitrogen and oxygen atoms in total. The van der Waals surface area contributed by atoms with Gasteiger partial charge in [-0.05, 0) is 37.1 Å². The van der Waals surface area contributed by atoms with E-state index in [0.717, 1.165) is 26.8 Å². The number of benzene rings is 1. The zero-order chi connectivity index (χ0) is 21.0. The molecule has 156 valence electrons. The van der Waals surface area contributed by atoms with Crippen molar-refractivity contribution in [3.8, 4) is 11.5 Å². The van der Waals surface area contributed by atoms with Gasteiger partial charge in [-0.15, -0.1) is 11.3 Å². The lowest BCUT2D eigenvalue weighted by Crippen LogP contribution is -3.08. The number of amides is 1. The van der Waals surface area contributed by atoms with Crippen molar-refractivity contribution in [1.29, 1.82) is 0 Å². The average Bonchev–Trinajstić information content (AvgIpc) is 3.28. The van der Waals surface area contributed by atoms with Gasteiger partial charge in [0.05, 0.1) is 19.2 Å². The number of carbonyl (C=O) groups is 2. The Labute approximate surface area is 174 Å². The predicted molar refractivity (Wildman–Crippen MR) is 111 cm³/mol. The molecule has 8 heteroatoms. The maximum atomic E-state index is 12.6. The molecule has 1 aliphatic rings. The molecule has 0 radical (unpaired) electrons. The van der Waals surface area contributed by atoms with Crippen LogP contribution in [-0.4, -0.2) is 38.9 Å². The number of likely N-dealkylation sites (N-methyl/N-ethyl adjacent to an activating group) is 1. The molecule has 2 heterocycles. The summed E-state index contributed by atoms with van der Waals surface area (Å²) in [6.07, 6.45) is 0. The molecule has 3 rings (SSSR count). The number of quaternary nitrogens is 1. The van der Waals surface area contributed by atoms with Crippen LogP contribution in [0.2, 0.25) is 0 Å². The van der Waals surface area contributed by atoms with Crippen LogP contribution in [0.25, 0.3) is 0 Å². The Hall–Kier alpha value is -2.58. The predicted octanol–water partition coefficient (Wildman–Crippen LogP) is 2.43. The second kappa shape index (κ2) is 9.28. The molecule has 1 aliphatic heterocycles. The van der Waals surface area contributed by atoms with E-state index in [1.54, 1.807) is 6.92 Å². The fraction of sp³-hybridized carbons (Fsp3) is 0.429. The van der Waals surface area contributed by atoms with Crippen molar-refractivity contribution >= 4 is 28.2 Å². The third kappa shape index (κ3) is 5.27. The molecule has 0 saturated carbocycles. The van der Waals surface area contributed by atoms with Crippen LogP contribution < -0.4 is 19.7 Å². The third-order valence-corrected chi connectivity index (χ3v) is 5.82. The van der Waals surface area contributed by atoms with Crippen LogP contribution in [0.15, 0.2) is 24.3 Å². The number of nitrogens with one attached hydrogen (secondary N) is 2. The summed E-state index contributed by atoms with van der Waals surface area (Å²) in [4.78, 5) is 26.9. The number of anilines is 1. The van der Waals surface area contributed by atoms with Crippen LogP contribution in [-0.2, 0) is 16.1 Å². The summed E-state index contributed by atoms with van der Waals surface area (Å²) < 4.78 is 15.9. The molecule has 0 saturated heterocycles. The third-order valence-electron chi connectivity index (χ3n) is 4.47. The molecule has 0 aliphatic carbocycles. The first-order chi connectivity index (χ1) is 13.9. The summed E-state index contributed by atoms with van der Waals surface area (Å²) in [5, 5.41) is 3.45. The molecule has 0 fully saturated rings. The minimum absolute atomic E-state index is 0.147. The average molecular weight is 420 g/mol. The molecule has 1 unspecified atom stereocenters. The van der Waals surface area contributed by atoms with Crippen LogP contribution in [0.1, 0.15) is 47.5 Å². The summed E-state index contributed by atoms with van der Waals surface area (Å²) in [6.45, 7) is 7.33. The minimum atomic E-state index is -0.410. The Balaban J connectivity index is 1.63. The summed E-state index contributed by atoms with van der Waals surface area (Å²) in [5.74, 6) is 1.18. The molecule has 1 aromatic heterocycles. The van der Waals surface area contributed by atoms with E-state index in [0.29, 0.717) is 23.7 Å².